The number of ether oxygens (including phenoxy) is 1. The number of benzene rings is 3. The highest BCUT2D eigenvalue weighted by Gasteiger charge is 2.09. The summed E-state index contributed by atoms with van der Waals surface area (Å²) in [5.41, 5.74) is 4.32. The summed E-state index contributed by atoms with van der Waals surface area (Å²) in [4.78, 5) is 9.16. The lowest BCUT2D eigenvalue weighted by Crippen LogP contribution is -1.96. The molecule has 5 aromatic rings. The fourth-order valence-corrected chi connectivity index (χ4v) is 3.00. The number of nitrogens with zero attached hydrogens (tertiary/aromatic N) is 4. The van der Waals surface area contributed by atoms with Crippen molar-refractivity contribution in [2.45, 2.75) is 6.61 Å². The van der Waals surface area contributed by atoms with Crippen LogP contribution in [0.15, 0.2) is 89.5 Å². The fraction of sp³-hybridized carbons (Fsp3) is 0.0435. The maximum absolute atomic E-state index is 5.85. The molecule has 2 heterocycles. The van der Waals surface area contributed by atoms with Crippen molar-refractivity contribution in [1.82, 2.24) is 20.2 Å². The summed E-state index contributed by atoms with van der Waals surface area (Å²) >= 11 is 0. The second kappa shape index (κ2) is 7.52. The van der Waals surface area contributed by atoms with Gasteiger partial charge in [-0.3, -0.25) is 4.98 Å². The minimum atomic E-state index is 0.187. The summed E-state index contributed by atoms with van der Waals surface area (Å²) in [5, 5.41) is 8.14. The quantitative estimate of drug-likeness (QED) is 0.431. The van der Waals surface area contributed by atoms with E-state index in [4.69, 9.17) is 9.15 Å². The van der Waals surface area contributed by atoms with E-state index in [1.165, 1.54) is 0 Å². The van der Waals surface area contributed by atoms with Gasteiger partial charge in [0.1, 0.15) is 5.75 Å². The number of rotatable bonds is 5. The Morgan fingerprint density at radius 2 is 1.55 bits per heavy atom. The highest BCUT2D eigenvalue weighted by atomic mass is 16.5. The molecule has 0 atom stereocenters. The summed E-state index contributed by atoms with van der Waals surface area (Å²) in [7, 11) is 0. The van der Waals surface area contributed by atoms with Gasteiger partial charge in [-0.2, -0.15) is 0 Å². The van der Waals surface area contributed by atoms with Crippen LogP contribution in [0.25, 0.3) is 33.7 Å². The van der Waals surface area contributed by atoms with Crippen LogP contribution < -0.4 is 4.74 Å². The molecule has 6 nitrogen and oxygen atoms in total. The molecule has 5 rings (SSSR count). The molecule has 2 aromatic heterocycles. The summed E-state index contributed by atoms with van der Waals surface area (Å²) < 4.78 is 11.5. The van der Waals surface area contributed by atoms with Crippen LogP contribution in [0.4, 0.5) is 0 Å². The summed E-state index contributed by atoms with van der Waals surface area (Å²) in [6, 6.07) is 25.1. The van der Waals surface area contributed by atoms with Gasteiger partial charge in [0.15, 0.2) is 6.61 Å². The Hall–Kier alpha value is -4.06. The molecule has 0 radical (unpaired) electrons. The average molecular weight is 380 g/mol. The van der Waals surface area contributed by atoms with E-state index in [1.807, 2.05) is 78.9 Å². The van der Waals surface area contributed by atoms with Gasteiger partial charge in [0.2, 0.25) is 5.89 Å². The summed E-state index contributed by atoms with van der Waals surface area (Å²) in [6.07, 6.45) is 1.77. The Bertz CT molecular complexity index is 1270. The lowest BCUT2D eigenvalue weighted by atomic mass is 10.1. The first-order valence-electron chi connectivity index (χ1n) is 9.18. The van der Waals surface area contributed by atoms with E-state index in [1.54, 1.807) is 6.20 Å². The van der Waals surface area contributed by atoms with Crippen molar-refractivity contribution in [2.24, 2.45) is 0 Å². The number of fused-ring (bicyclic) bond motifs is 1. The normalized spacial score (nSPS) is 10.9. The molecule has 0 aliphatic heterocycles. The molecule has 29 heavy (non-hydrogen) atoms. The lowest BCUT2D eigenvalue weighted by molar-refractivity contribution is 0.264. The molecule has 0 N–H and O–H groups in total. The molecule has 0 saturated heterocycles. The predicted molar refractivity (Wildman–Crippen MR) is 109 cm³/mol. The van der Waals surface area contributed by atoms with E-state index in [0.717, 1.165) is 27.9 Å². The van der Waals surface area contributed by atoms with Crippen molar-refractivity contribution < 1.29 is 9.15 Å². The molecule has 140 valence electrons. The van der Waals surface area contributed by atoms with E-state index in [2.05, 4.69) is 20.2 Å². The Morgan fingerprint density at radius 1 is 0.759 bits per heavy atom. The Balaban J connectivity index is 1.33. The van der Waals surface area contributed by atoms with Crippen LogP contribution in [-0.4, -0.2) is 20.2 Å². The zero-order chi connectivity index (χ0) is 19.5. The van der Waals surface area contributed by atoms with Crippen LogP contribution in [0.3, 0.4) is 0 Å². The van der Waals surface area contributed by atoms with Gasteiger partial charge in [-0.25, -0.2) is 4.98 Å². The average Bonchev–Trinajstić information content (AvgIpc) is 3.27. The molecular formula is C23H16N4O2. The van der Waals surface area contributed by atoms with Crippen molar-refractivity contribution in [1.29, 1.82) is 0 Å². The molecule has 6 heteroatoms. The second-order valence-corrected chi connectivity index (χ2v) is 6.43. The van der Waals surface area contributed by atoms with Crippen molar-refractivity contribution in [3.05, 3.63) is 91.0 Å². The highest BCUT2D eigenvalue weighted by Crippen LogP contribution is 2.24. The first-order chi connectivity index (χ1) is 14.3. The third-order valence-electron chi connectivity index (χ3n) is 4.43. The maximum Gasteiger partial charge on any atom is 0.254 e. The topological polar surface area (TPSA) is 73.9 Å². The van der Waals surface area contributed by atoms with Gasteiger partial charge in [0.05, 0.1) is 22.9 Å². The lowest BCUT2D eigenvalue weighted by Gasteiger charge is -2.06. The first-order valence-corrected chi connectivity index (χ1v) is 9.18. The van der Waals surface area contributed by atoms with E-state index in [-0.39, 0.29) is 6.61 Å². The van der Waals surface area contributed by atoms with Crippen LogP contribution >= 0.6 is 0 Å². The SMILES string of the molecule is c1ccc(-c2nnc(COc3cccc(-c4cnc5ccccc5n4)c3)o2)cc1. The van der Waals surface area contributed by atoms with Crippen LogP contribution in [0.5, 0.6) is 5.75 Å². The van der Waals surface area contributed by atoms with Gasteiger partial charge in [-0.15, -0.1) is 10.2 Å². The van der Waals surface area contributed by atoms with Crippen LogP contribution in [0, 0.1) is 0 Å². The molecule has 0 saturated carbocycles. The van der Waals surface area contributed by atoms with Gasteiger partial charge in [0.25, 0.3) is 5.89 Å². The molecule has 0 spiro atoms. The van der Waals surface area contributed by atoms with Crippen molar-refractivity contribution in [3.8, 4) is 28.5 Å². The standard InChI is InChI=1S/C23H16N4O2/c1-2-7-16(8-3-1)23-27-26-22(29-23)15-28-18-10-6-9-17(13-18)21-14-24-19-11-4-5-12-20(19)25-21/h1-14H,15H2. The molecule has 0 aliphatic rings. The summed E-state index contributed by atoms with van der Waals surface area (Å²) in [5.74, 6) is 1.58. The van der Waals surface area contributed by atoms with E-state index in [9.17, 15) is 0 Å². The first kappa shape index (κ1) is 17.1. The molecule has 0 fully saturated rings. The van der Waals surface area contributed by atoms with Gasteiger partial charge in [0, 0.05) is 11.1 Å². The third-order valence-corrected chi connectivity index (χ3v) is 4.43. The van der Waals surface area contributed by atoms with E-state index in [0.29, 0.717) is 17.5 Å². The number of aromatic nitrogens is 4. The zero-order valence-corrected chi connectivity index (χ0v) is 15.4. The van der Waals surface area contributed by atoms with Gasteiger partial charge in [-0.05, 0) is 36.4 Å². The number of hydrogen-bond donors (Lipinski definition) is 0. The molecule has 0 aliphatic carbocycles. The Labute approximate surface area is 166 Å². The van der Waals surface area contributed by atoms with Crippen LogP contribution in [0.1, 0.15) is 5.89 Å². The fourth-order valence-electron chi connectivity index (χ4n) is 3.00. The van der Waals surface area contributed by atoms with Crippen LogP contribution in [-0.2, 0) is 6.61 Å². The second-order valence-electron chi connectivity index (χ2n) is 6.43. The minimum absolute atomic E-state index is 0.187. The molecule has 0 unspecified atom stereocenters. The smallest absolute Gasteiger partial charge is 0.254 e. The largest absolute Gasteiger partial charge is 0.484 e. The maximum atomic E-state index is 5.85. The Kier molecular flexibility index (Phi) is 4.42. The monoisotopic (exact) mass is 380 g/mol. The highest BCUT2D eigenvalue weighted by molar-refractivity contribution is 5.77. The predicted octanol–water partition coefficient (Wildman–Crippen LogP) is 4.93. The molecule has 0 bridgehead atoms. The molecule has 3 aromatic carbocycles. The van der Waals surface area contributed by atoms with Crippen molar-refractivity contribution in [2.75, 3.05) is 0 Å². The van der Waals surface area contributed by atoms with Crippen molar-refractivity contribution >= 4 is 11.0 Å². The summed E-state index contributed by atoms with van der Waals surface area (Å²) in [6.45, 7) is 0.187. The zero-order valence-electron chi connectivity index (χ0n) is 15.4. The van der Waals surface area contributed by atoms with Gasteiger partial charge < -0.3 is 9.15 Å². The van der Waals surface area contributed by atoms with Crippen molar-refractivity contribution in [3.63, 3.8) is 0 Å². The van der Waals surface area contributed by atoms with E-state index >= 15 is 0 Å². The van der Waals surface area contributed by atoms with Crippen LogP contribution in [0.2, 0.25) is 0 Å². The minimum Gasteiger partial charge on any atom is -0.484 e. The number of para-hydroxylation sites is 2. The Morgan fingerprint density at radius 3 is 2.45 bits per heavy atom. The molecule has 0 amide bonds. The number of hydrogen-bond acceptors (Lipinski definition) is 6. The van der Waals surface area contributed by atoms with Gasteiger partial charge in [-0.1, -0.05) is 42.5 Å². The third kappa shape index (κ3) is 3.68. The molecular weight excluding hydrogens is 364 g/mol. The van der Waals surface area contributed by atoms with E-state index < -0.39 is 0 Å². The van der Waals surface area contributed by atoms with Gasteiger partial charge >= 0.3 is 0 Å².